The van der Waals surface area contributed by atoms with Crippen molar-refractivity contribution < 1.29 is 14.3 Å². The molecule has 1 saturated heterocycles. The molecular weight excluding hydrogens is 266 g/mol. The molecule has 1 N–H and O–H groups in total. The maximum Gasteiger partial charge on any atom is 0.334 e. The third-order valence-corrected chi connectivity index (χ3v) is 3.28. The van der Waals surface area contributed by atoms with Crippen LogP contribution in [-0.4, -0.2) is 25.2 Å². The number of rotatable bonds is 7. The molecule has 1 fully saturated rings. The number of carbonyl (C=O) groups is 1. The van der Waals surface area contributed by atoms with E-state index in [1.807, 2.05) is 30.3 Å². The molecule has 0 aromatic heterocycles. The molecule has 4 heteroatoms. The lowest BCUT2D eigenvalue weighted by atomic mass is 10.2. The van der Waals surface area contributed by atoms with E-state index in [9.17, 15) is 4.79 Å². The van der Waals surface area contributed by atoms with Crippen molar-refractivity contribution in [3.63, 3.8) is 0 Å². The van der Waals surface area contributed by atoms with Crippen molar-refractivity contribution in [1.82, 2.24) is 5.32 Å². The van der Waals surface area contributed by atoms with Gasteiger partial charge in [0, 0.05) is 24.4 Å². The smallest absolute Gasteiger partial charge is 0.334 e. The van der Waals surface area contributed by atoms with Gasteiger partial charge in [0.1, 0.15) is 6.61 Å². The molecule has 1 atom stereocenters. The number of hydrogen-bond acceptors (Lipinski definition) is 4. The summed E-state index contributed by atoms with van der Waals surface area (Å²) in [6, 6.07) is 9.61. The predicted octanol–water partition coefficient (Wildman–Crippen LogP) is 2.57. The van der Waals surface area contributed by atoms with Crippen LogP contribution in [0.25, 0.3) is 0 Å². The fraction of sp³-hybridized carbons (Fsp3) is 0.353. The third kappa shape index (κ3) is 5.08. The van der Waals surface area contributed by atoms with Crippen LogP contribution in [0.2, 0.25) is 0 Å². The second-order valence-electron chi connectivity index (χ2n) is 5.08. The van der Waals surface area contributed by atoms with E-state index in [4.69, 9.17) is 9.47 Å². The Hall–Kier alpha value is -2.07. The minimum atomic E-state index is -0.332. The molecule has 1 aromatic rings. The number of ether oxygens (including phenoxy) is 2. The maximum absolute atomic E-state index is 11.9. The third-order valence-electron chi connectivity index (χ3n) is 3.28. The van der Waals surface area contributed by atoms with E-state index in [0.717, 1.165) is 25.1 Å². The lowest BCUT2D eigenvalue weighted by Crippen LogP contribution is -2.36. The summed E-state index contributed by atoms with van der Waals surface area (Å²) in [5, 5.41) is 3.14. The number of carbonyl (C=O) groups excluding carboxylic acids is 1. The van der Waals surface area contributed by atoms with E-state index in [0.29, 0.717) is 11.3 Å². The second kappa shape index (κ2) is 7.64. The molecule has 2 rings (SSSR count). The molecule has 0 amide bonds. The van der Waals surface area contributed by atoms with E-state index in [1.54, 1.807) is 13.0 Å². The first-order chi connectivity index (χ1) is 10.1. The zero-order valence-electron chi connectivity index (χ0n) is 12.3. The van der Waals surface area contributed by atoms with Gasteiger partial charge in [-0.3, -0.25) is 0 Å². The van der Waals surface area contributed by atoms with Gasteiger partial charge in [-0.15, -0.1) is 0 Å². The van der Waals surface area contributed by atoms with Crippen LogP contribution in [0.5, 0.6) is 0 Å². The summed E-state index contributed by atoms with van der Waals surface area (Å²) in [4.78, 5) is 11.9. The lowest BCUT2D eigenvalue weighted by Gasteiger charge is -2.26. The Bertz CT molecular complexity index is 518. The summed E-state index contributed by atoms with van der Waals surface area (Å²) in [5.74, 6) is -0.332. The molecule has 4 nitrogen and oxygen atoms in total. The minimum Gasteiger partial charge on any atom is -0.457 e. The average molecular weight is 287 g/mol. The molecule has 0 bridgehead atoms. The highest BCUT2D eigenvalue weighted by atomic mass is 16.5. The molecule has 1 heterocycles. The maximum atomic E-state index is 11.9. The van der Waals surface area contributed by atoms with E-state index in [1.165, 1.54) is 0 Å². The Morgan fingerprint density at radius 1 is 1.48 bits per heavy atom. The largest absolute Gasteiger partial charge is 0.457 e. The van der Waals surface area contributed by atoms with Gasteiger partial charge < -0.3 is 14.8 Å². The van der Waals surface area contributed by atoms with Gasteiger partial charge in [0.05, 0.1) is 6.10 Å². The van der Waals surface area contributed by atoms with Crippen LogP contribution >= 0.6 is 0 Å². The molecule has 0 aliphatic carbocycles. The lowest BCUT2D eigenvalue weighted by molar-refractivity contribution is -0.140. The number of allylic oxidation sites excluding steroid dienone is 1. The van der Waals surface area contributed by atoms with E-state index < -0.39 is 0 Å². The van der Waals surface area contributed by atoms with Crippen molar-refractivity contribution in [1.29, 1.82) is 0 Å². The van der Waals surface area contributed by atoms with Crippen molar-refractivity contribution in [2.45, 2.75) is 26.1 Å². The first kappa shape index (κ1) is 15.3. The molecule has 1 aromatic carbocycles. The number of hydrogen-bond donors (Lipinski definition) is 1. The molecule has 112 valence electrons. The molecular formula is C17H21NO3. The van der Waals surface area contributed by atoms with Gasteiger partial charge in [-0.05, 0) is 25.0 Å². The van der Waals surface area contributed by atoms with Gasteiger partial charge in [-0.25, -0.2) is 4.79 Å². The van der Waals surface area contributed by atoms with Crippen LogP contribution < -0.4 is 5.32 Å². The topological polar surface area (TPSA) is 47.6 Å². The quantitative estimate of drug-likeness (QED) is 0.476. The molecule has 1 aliphatic rings. The minimum absolute atomic E-state index is 0.264. The molecule has 1 unspecified atom stereocenters. The van der Waals surface area contributed by atoms with Gasteiger partial charge in [-0.2, -0.15) is 0 Å². The summed E-state index contributed by atoms with van der Waals surface area (Å²) in [6.45, 7) is 7.43. The van der Waals surface area contributed by atoms with E-state index in [2.05, 4.69) is 11.9 Å². The average Bonchev–Trinajstić information content (AvgIpc) is 2.44. The van der Waals surface area contributed by atoms with Crippen LogP contribution in [0.1, 0.15) is 18.9 Å². The number of benzene rings is 1. The van der Waals surface area contributed by atoms with Crippen molar-refractivity contribution in [3.8, 4) is 0 Å². The summed E-state index contributed by atoms with van der Waals surface area (Å²) < 4.78 is 10.6. The van der Waals surface area contributed by atoms with Crippen LogP contribution in [0.4, 0.5) is 0 Å². The Morgan fingerprint density at radius 3 is 2.81 bits per heavy atom. The zero-order chi connectivity index (χ0) is 15.1. The standard InChI is InChI=1S/C17H21NO3/c1-13(10-14(2)18-11-16-8-9-20-16)17(19)21-12-15-6-4-3-5-7-15/h3-7,10,16,18H,2,8-9,11-12H2,1H3/b13-10+. The van der Waals surface area contributed by atoms with Gasteiger partial charge in [0.25, 0.3) is 0 Å². The highest BCUT2D eigenvalue weighted by molar-refractivity contribution is 5.88. The Morgan fingerprint density at radius 2 is 2.19 bits per heavy atom. The Labute approximate surface area is 125 Å². The predicted molar refractivity (Wildman–Crippen MR) is 81.5 cm³/mol. The van der Waals surface area contributed by atoms with E-state index >= 15 is 0 Å². The molecule has 21 heavy (non-hydrogen) atoms. The Balaban J connectivity index is 1.74. The van der Waals surface area contributed by atoms with Crippen LogP contribution in [-0.2, 0) is 20.9 Å². The first-order valence-electron chi connectivity index (χ1n) is 7.09. The molecule has 1 aliphatic heterocycles. The van der Waals surface area contributed by atoms with Gasteiger partial charge in [0.2, 0.25) is 0 Å². The second-order valence-corrected chi connectivity index (χ2v) is 5.08. The molecule has 0 saturated carbocycles. The fourth-order valence-corrected chi connectivity index (χ4v) is 1.90. The first-order valence-corrected chi connectivity index (χ1v) is 7.09. The van der Waals surface area contributed by atoms with Crippen molar-refractivity contribution in [3.05, 3.63) is 59.8 Å². The number of nitrogens with one attached hydrogen (secondary N) is 1. The normalized spacial score (nSPS) is 17.8. The van der Waals surface area contributed by atoms with Gasteiger partial charge in [0.15, 0.2) is 0 Å². The summed E-state index contributed by atoms with van der Waals surface area (Å²) in [5.41, 5.74) is 2.19. The summed E-state index contributed by atoms with van der Waals surface area (Å²) >= 11 is 0. The van der Waals surface area contributed by atoms with Gasteiger partial charge >= 0.3 is 5.97 Å². The fourth-order valence-electron chi connectivity index (χ4n) is 1.90. The highest BCUT2D eigenvalue weighted by Crippen LogP contribution is 2.10. The van der Waals surface area contributed by atoms with Crippen molar-refractivity contribution in [2.75, 3.05) is 13.2 Å². The Kier molecular flexibility index (Phi) is 5.58. The van der Waals surface area contributed by atoms with E-state index in [-0.39, 0.29) is 18.7 Å². The van der Waals surface area contributed by atoms with Crippen LogP contribution in [0.15, 0.2) is 54.3 Å². The highest BCUT2D eigenvalue weighted by Gasteiger charge is 2.17. The number of esters is 1. The molecule has 0 radical (unpaired) electrons. The van der Waals surface area contributed by atoms with Crippen molar-refractivity contribution >= 4 is 5.97 Å². The van der Waals surface area contributed by atoms with Gasteiger partial charge in [-0.1, -0.05) is 36.9 Å². The molecule has 0 spiro atoms. The zero-order valence-corrected chi connectivity index (χ0v) is 12.3. The summed E-state index contributed by atoms with van der Waals surface area (Å²) in [7, 11) is 0. The monoisotopic (exact) mass is 287 g/mol. The van der Waals surface area contributed by atoms with Crippen LogP contribution in [0.3, 0.4) is 0 Å². The van der Waals surface area contributed by atoms with Crippen molar-refractivity contribution in [2.24, 2.45) is 0 Å². The van der Waals surface area contributed by atoms with Crippen LogP contribution in [0, 0.1) is 0 Å². The summed E-state index contributed by atoms with van der Waals surface area (Å²) in [6.07, 6.45) is 3.04. The SMILES string of the molecule is C=C(/C=C(\C)C(=O)OCc1ccccc1)NCC1CCO1.